The molecule has 1 saturated heterocycles. The molecule has 0 aliphatic carbocycles. The second-order valence-electron chi connectivity index (χ2n) is 6.98. The first-order valence-electron chi connectivity index (χ1n) is 9.45. The number of likely N-dealkylation sites (tertiary alicyclic amines) is 1. The minimum absolute atomic E-state index is 0.485. The highest BCUT2D eigenvalue weighted by atomic mass is 35.5. The van der Waals surface area contributed by atoms with Crippen LogP contribution in [0.3, 0.4) is 0 Å². The first-order valence-corrected chi connectivity index (χ1v) is 9.83. The third kappa shape index (κ3) is 7.20. The molecule has 2 heterocycles. The van der Waals surface area contributed by atoms with Gasteiger partial charge >= 0.3 is 0 Å². The van der Waals surface area contributed by atoms with Gasteiger partial charge in [0, 0.05) is 31.9 Å². The predicted molar refractivity (Wildman–Crippen MR) is 106 cm³/mol. The summed E-state index contributed by atoms with van der Waals surface area (Å²) < 4.78 is 0. The number of guanidine groups is 1. The molecule has 1 fully saturated rings. The first-order chi connectivity index (χ1) is 12.1. The van der Waals surface area contributed by atoms with E-state index in [0.29, 0.717) is 11.2 Å². The Morgan fingerprint density at radius 1 is 1.44 bits per heavy atom. The van der Waals surface area contributed by atoms with Crippen LogP contribution < -0.4 is 10.6 Å². The summed E-state index contributed by atoms with van der Waals surface area (Å²) in [4.78, 5) is 11.5. The fraction of sp³-hybridized carbons (Fsp3) is 0.684. The number of hydrogen-bond donors (Lipinski definition) is 2. The van der Waals surface area contributed by atoms with E-state index in [1.807, 2.05) is 18.3 Å². The van der Waals surface area contributed by atoms with E-state index in [-0.39, 0.29) is 0 Å². The molecular formula is C19H32ClN5. The molecule has 6 heteroatoms. The summed E-state index contributed by atoms with van der Waals surface area (Å²) in [5.41, 5.74) is 1.17. The maximum atomic E-state index is 5.82. The Bertz CT molecular complexity index is 531. The lowest BCUT2D eigenvalue weighted by Gasteiger charge is -2.35. The molecule has 0 spiro atoms. The molecule has 1 aromatic heterocycles. The normalized spacial score (nSPS) is 20.3. The van der Waals surface area contributed by atoms with E-state index in [9.17, 15) is 0 Å². The number of piperidine rings is 1. The SMILES string of the molecule is CCNC(=NCC(C)N1CCCC(C)C1)NCCc1ccc(Cl)nc1. The average molecular weight is 366 g/mol. The van der Waals surface area contributed by atoms with Crippen molar-refractivity contribution in [1.82, 2.24) is 20.5 Å². The number of hydrogen-bond acceptors (Lipinski definition) is 3. The zero-order chi connectivity index (χ0) is 18.1. The molecule has 0 aromatic carbocycles. The van der Waals surface area contributed by atoms with Gasteiger partial charge in [-0.1, -0.05) is 24.6 Å². The van der Waals surface area contributed by atoms with Crippen molar-refractivity contribution < 1.29 is 0 Å². The molecule has 5 nitrogen and oxygen atoms in total. The highest BCUT2D eigenvalue weighted by Crippen LogP contribution is 2.17. The van der Waals surface area contributed by atoms with E-state index < -0.39 is 0 Å². The Hall–Kier alpha value is -1.33. The van der Waals surface area contributed by atoms with Crippen LogP contribution in [-0.4, -0.2) is 54.6 Å². The zero-order valence-corrected chi connectivity index (χ0v) is 16.5. The summed E-state index contributed by atoms with van der Waals surface area (Å²) in [6.07, 6.45) is 5.39. The first kappa shape index (κ1) is 20.0. The van der Waals surface area contributed by atoms with E-state index in [2.05, 4.69) is 41.3 Å². The van der Waals surface area contributed by atoms with Crippen molar-refractivity contribution in [3.05, 3.63) is 29.0 Å². The average Bonchev–Trinajstić information content (AvgIpc) is 2.61. The van der Waals surface area contributed by atoms with Crippen LogP contribution in [0.2, 0.25) is 5.15 Å². The van der Waals surface area contributed by atoms with Gasteiger partial charge in [0.25, 0.3) is 0 Å². The van der Waals surface area contributed by atoms with Crippen LogP contribution in [0, 0.1) is 5.92 Å². The largest absolute Gasteiger partial charge is 0.357 e. The Morgan fingerprint density at radius 3 is 2.96 bits per heavy atom. The number of halogens is 1. The van der Waals surface area contributed by atoms with Crippen molar-refractivity contribution in [2.45, 2.75) is 46.1 Å². The van der Waals surface area contributed by atoms with Crippen molar-refractivity contribution in [3.8, 4) is 0 Å². The fourth-order valence-electron chi connectivity index (χ4n) is 3.19. The van der Waals surface area contributed by atoms with Crippen molar-refractivity contribution in [2.24, 2.45) is 10.9 Å². The smallest absolute Gasteiger partial charge is 0.191 e. The van der Waals surface area contributed by atoms with E-state index >= 15 is 0 Å². The summed E-state index contributed by atoms with van der Waals surface area (Å²) in [6.45, 7) is 11.6. The van der Waals surface area contributed by atoms with Gasteiger partial charge in [0.2, 0.25) is 0 Å². The van der Waals surface area contributed by atoms with Gasteiger partial charge in [-0.15, -0.1) is 0 Å². The maximum Gasteiger partial charge on any atom is 0.191 e. The number of aromatic nitrogens is 1. The van der Waals surface area contributed by atoms with Crippen molar-refractivity contribution in [1.29, 1.82) is 0 Å². The highest BCUT2D eigenvalue weighted by molar-refractivity contribution is 6.29. The van der Waals surface area contributed by atoms with Gasteiger partial charge < -0.3 is 10.6 Å². The third-order valence-corrected chi connectivity index (χ3v) is 4.89. The van der Waals surface area contributed by atoms with Gasteiger partial charge in [-0.25, -0.2) is 4.98 Å². The zero-order valence-electron chi connectivity index (χ0n) is 15.8. The lowest BCUT2D eigenvalue weighted by atomic mass is 9.99. The molecule has 2 N–H and O–H groups in total. The molecule has 0 bridgehead atoms. The lowest BCUT2D eigenvalue weighted by Crippen LogP contribution is -2.43. The lowest BCUT2D eigenvalue weighted by molar-refractivity contribution is 0.142. The summed E-state index contributed by atoms with van der Waals surface area (Å²) in [7, 11) is 0. The monoisotopic (exact) mass is 365 g/mol. The summed E-state index contributed by atoms with van der Waals surface area (Å²) in [5, 5.41) is 7.27. The Labute approximate surface area is 157 Å². The summed E-state index contributed by atoms with van der Waals surface area (Å²) >= 11 is 5.82. The summed E-state index contributed by atoms with van der Waals surface area (Å²) in [5.74, 6) is 1.70. The van der Waals surface area contributed by atoms with Crippen LogP contribution in [0.25, 0.3) is 0 Å². The topological polar surface area (TPSA) is 52.6 Å². The van der Waals surface area contributed by atoms with E-state index in [1.54, 1.807) is 0 Å². The minimum Gasteiger partial charge on any atom is -0.357 e. The van der Waals surface area contributed by atoms with Crippen molar-refractivity contribution in [2.75, 3.05) is 32.7 Å². The van der Waals surface area contributed by atoms with E-state index in [4.69, 9.17) is 16.6 Å². The molecule has 1 aromatic rings. The van der Waals surface area contributed by atoms with Crippen LogP contribution in [0.4, 0.5) is 0 Å². The van der Waals surface area contributed by atoms with Gasteiger partial charge in [-0.3, -0.25) is 9.89 Å². The number of nitrogens with one attached hydrogen (secondary N) is 2. The second-order valence-corrected chi connectivity index (χ2v) is 7.36. The van der Waals surface area contributed by atoms with Gasteiger partial charge in [-0.2, -0.15) is 0 Å². The molecule has 2 atom stereocenters. The maximum absolute atomic E-state index is 5.82. The molecule has 2 rings (SSSR count). The van der Waals surface area contributed by atoms with Crippen LogP contribution in [0.15, 0.2) is 23.3 Å². The van der Waals surface area contributed by atoms with Crippen molar-refractivity contribution >= 4 is 17.6 Å². The van der Waals surface area contributed by atoms with E-state index in [0.717, 1.165) is 37.9 Å². The number of nitrogens with zero attached hydrogens (tertiary/aromatic N) is 3. The molecule has 140 valence electrons. The Balaban J connectivity index is 1.79. The molecule has 1 aliphatic heterocycles. The Kier molecular flexibility index (Phi) is 8.49. The van der Waals surface area contributed by atoms with Crippen molar-refractivity contribution in [3.63, 3.8) is 0 Å². The van der Waals surface area contributed by atoms with Crippen LogP contribution in [0.1, 0.15) is 39.2 Å². The molecule has 1 aliphatic rings. The predicted octanol–water partition coefficient (Wildman–Crippen LogP) is 2.95. The minimum atomic E-state index is 0.485. The fourth-order valence-corrected chi connectivity index (χ4v) is 3.30. The quantitative estimate of drug-likeness (QED) is 0.443. The molecular weight excluding hydrogens is 334 g/mol. The molecule has 0 radical (unpaired) electrons. The number of pyridine rings is 1. The molecule has 25 heavy (non-hydrogen) atoms. The van der Waals surface area contributed by atoms with Gasteiger partial charge in [0.1, 0.15) is 5.15 Å². The van der Waals surface area contributed by atoms with Gasteiger partial charge in [0.05, 0.1) is 6.54 Å². The molecule has 2 unspecified atom stereocenters. The van der Waals surface area contributed by atoms with Crippen LogP contribution in [0.5, 0.6) is 0 Å². The van der Waals surface area contributed by atoms with Gasteiger partial charge in [0.15, 0.2) is 5.96 Å². The third-order valence-electron chi connectivity index (χ3n) is 4.66. The highest BCUT2D eigenvalue weighted by Gasteiger charge is 2.20. The summed E-state index contributed by atoms with van der Waals surface area (Å²) in [6, 6.07) is 4.33. The van der Waals surface area contributed by atoms with E-state index in [1.165, 1.54) is 31.5 Å². The molecule has 0 saturated carbocycles. The number of aliphatic imine (C=N–C) groups is 1. The van der Waals surface area contributed by atoms with Crippen LogP contribution >= 0.6 is 11.6 Å². The number of rotatable bonds is 7. The second kappa shape index (κ2) is 10.6. The Morgan fingerprint density at radius 2 is 2.28 bits per heavy atom. The standard InChI is InChI=1S/C19H32ClN5/c1-4-21-19(22-10-9-17-7-8-18(20)23-13-17)24-12-16(3)25-11-5-6-15(2)14-25/h7-8,13,15-16H,4-6,9-12,14H2,1-3H3,(H2,21,22,24). The van der Waals surface area contributed by atoms with Gasteiger partial charge in [-0.05, 0) is 57.2 Å². The van der Waals surface area contributed by atoms with Crippen LogP contribution in [-0.2, 0) is 6.42 Å². The molecule has 0 amide bonds.